The molecule has 0 saturated carbocycles. The smallest absolute Gasteiger partial charge is 0.161 e. The highest BCUT2D eigenvalue weighted by Gasteiger charge is 2.17. The molecule has 0 amide bonds. The number of nitrogens with two attached hydrogens (primary N) is 1. The van der Waals surface area contributed by atoms with E-state index in [4.69, 9.17) is 5.73 Å². The van der Waals surface area contributed by atoms with Crippen molar-refractivity contribution >= 4 is 27.8 Å². The van der Waals surface area contributed by atoms with Gasteiger partial charge in [0.1, 0.15) is 23.1 Å². The Hall–Kier alpha value is -3.09. The van der Waals surface area contributed by atoms with Gasteiger partial charge in [0.25, 0.3) is 0 Å². The van der Waals surface area contributed by atoms with E-state index in [1.165, 1.54) is 0 Å². The van der Waals surface area contributed by atoms with Crippen LogP contribution in [0.3, 0.4) is 0 Å². The van der Waals surface area contributed by atoms with Crippen molar-refractivity contribution in [2.24, 2.45) is 0 Å². The maximum atomic E-state index is 9.59. The average molecular weight is 308 g/mol. The molecule has 4 aromatic rings. The number of hydrogen-bond donors (Lipinski definition) is 4. The van der Waals surface area contributed by atoms with Gasteiger partial charge in [-0.25, -0.2) is 9.97 Å². The topological polar surface area (TPSA) is 117 Å². The van der Waals surface area contributed by atoms with Crippen LogP contribution in [-0.4, -0.2) is 30.3 Å². The van der Waals surface area contributed by atoms with Crippen LogP contribution in [0.15, 0.2) is 24.3 Å². The van der Waals surface area contributed by atoms with Crippen molar-refractivity contribution in [3.8, 4) is 17.1 Å². The zero-order valence-electron chi connectivity index (χ0n) is 12.8. The predicted molar refractivity (Wildman–Crippen MR) is 89.1 cm³/mol. The molecule has 0 bridgehead atoms. The molecule has 0 unspecified atom stereocenters. The monoisotopic (exact) mass is 308 g/mol. The van der Waals surface area contributed by atoms with E-state index in [2.05, 4.69) is 25.1 Å². The van der Waals surface area contributed by atoms with Gasteiger partial charge in [-0.1, -0.05) is 13.8 Å². The van der Waals surface area contributed by atoms with E-state index in [0.29, 0.717) is 28.4 Å². The number of phenols is 1. The molecule has 1 aromatic carbocycles. The van der Waals surface area contributed by atoms with Gasteiger partial charge in [0.2, 0.25) is 0 Å². The Morgan fingerprint density at radius 3 is 2.78 bits per heavy atom. The van der Waals surface area contributed by atoms with Crippen LogP contribution in [-0.2, 0) is 0 Å². The third kappa shape index (κ3) is 2.09. The van der Waals surface area contributed by atoms with Gasteiger partial charge in [0, 0.05) is 16.8 Å². The fourth-order valence-electron chi connectivity index (χ4n) is 2.68. The van der Waals surface area contributed by atoms with Gasteiger partial charge < -0.3 is 15.8 Å². The molecule has 116 valence electrons. The number of nitrogen functional groups attached to an aromatic ring is 1. The van der Waals surface area contributed by atoms with Crippen molar-refractivity contribution < 1.29 is 5.11 Å². The van der Waals surface area contributed by atoms with Gasteiger partial charge in [-0.2, -0.15) is 5.10 Å². The number of anilines is 1. The van der Waals surface area contributed by atoms with E-state index < -0.39 is 0 Å². The SMILES string of the molecule is CC(C)c1nc(N)c2c(-c3cc4cc(O)ccc4[nH]3)n[nH]c2n1. The van der Waals surface area contributed by atoms with E-state index in [9.17, 15) is 5.11 Å². The van der Waals surface area contributed by atoms with Crippen molar-refractivity contribution in [2.45, 2.75) is 19.8 Å². The van der Waals surface area contributed by atoms with E-state index in [0.717, 1.165) is 16.6 Å². The van der Waals surface area contributed by atoms with Crippen LogP contribution in [0.5, 0.6) is 5.75 Å². The van der Waals surface area contributed by atoms with E-state index in [1.54, 1.807) is 12.1 Å². The highest BCUT2D eigenvalue weighted by atomic mass is 16.3. The van der Waals surface area contributed by atoms with Crippen LogP contribution in [0.1, 0.15) is 25.6 Å². The summed E-state index contributed by atoms with van der Waals surface area (Å²) in [6, 6.07) is 7.07. The summed E-state index contributed by atoms with van der Waals surface area (Å²) in [7, 11) is 0. The van der Waals surface area contributed by atoms with Crippen LogP contribution in [0.4, 0.5) is 5.82 Å². The minimum Gasteiger partial charge on any atom is -0.508 e. The minimum absolute atomic E-state index is 0.185. The average Bonchev–Trinajstić information content (AvgIpc) is 3.09. The number of H-pyrrole nitrogens is 2. The first-order valence-corrected chi connectivity index (χ1v) is 7.36. The lowest BCUT2D eigenvalue weighted by Gasteiger charge is -2.05. The molecule has 3 aromatic heterocycles. The maximum absolute atomic E-state index is 9.59. The summed E-state index contributed by atoms with van der Waals surface area (Å²) < 4.78 is 0. The van der Waals surface area contributed by atoms with Crippen molar-refractivity contribution in [1.29, 1.82) is 0 Å². The maximum Gasteiger partial charge on any atom is 0.161 e. The Bertz CT molecular complexity index is 1030. The number of hydrogen-bond acceptors (Lipinski definition) is 5. The van der Waals surface area contributed by atoms with Crippen LogP contribution < -0.4 is 5.73 Å². The second-order valence-corrected chi connectivity index (χ2v) is 5.87. The van der Waals surface area contributed by atoms with Crippen LogP contribution >= 0.6 is 0 Å². The number of aromatic hydroxyl groups is 1. The van der Waals surface area contributed by atoms with Crippen molar-refractivity contribution in [1.82, 2.24) is 25.1 Å². The van der Waals surface area contributed by atoms with Crippen LogP contribution in [0.2, 0.25) is 0 Å². The molecule has 0 saturated heterocycles. The van der Waals surface area contributed by atoms with Gasteiger partial charge in [-0.15, -0.1) is 0 Å². The van der Waals surface area contributed by atoms with Crippen molar-refractivity contribution in [3.63, 3.8) is 0 Å². The molecule has 3 heterocycles. The number of nitrogens with zero attached hydrogens (tertiary/aromatic N) is 3. The molecule has 7 nitrogen and oxygen atoms in total. The van der Waals surface area contributed by atoms with Crippen LogP contribution in [0, 0.1) is 0 Å². The molecule has 23 heavy (non-hydrogen) atoms. The predicted octanol–water partition coefficient (Wildman–Crippen LogP) is 2.91. The number of aromatic nitrogens is 5. The van der Waals surface area contributed by atoms with E-state index >= 15 is 0 Å². The molecular weight excluding hydrogens is 292 g/mol. The Labute approximate surface area is 131 Å². The summed E-state index contributed by atoms with van der Waals surface area (Å²) in [5.41, 5.74) is 9.13. The largest absolute Gasteiger partial charge is 0.508 e. The van der Waals surface area contributed by atoms with Gasteiger partial charge in [0.05, 0.1) is 11.1 Å². The summed E-state index contributed by atoms with van der Waals surface area (Å²) in [6.07, 6.45) is 0. The Balaban J connectivity index is 1.94. The first-order chi connectivity index (χ1) is 11.0. The molecule has 0 radical (unpaired) electrons. The molecule has 0 fully saturated rings. The number of benzene rings is 1. The highest BCUT2D eigenvalue weighted by Crippen LogP contribution is 2.32. The van der Waals surface area contributed by atoms with Gasteiger partial charge in [-0.05, 0) is 24.3 Å². The molecule has 0 spiro atoms. The van der Waals surface area contributed by atoms with E-state index in [-0.39, 0.29) is 11.7 Å². The Kier molecular flexibility index (Phi) is 2.77. The highest BCUT2D eigenvalue weighted by molar-refractivity contribution is 5.99. The Morgan fingerprint density at radius 1 is 1.17 bits per heavy atom. The van der Waals surface area contributed by atoms with E-state index in [1.807, 2.05) is 26.0 Å². The van der Waals surface area contributed by atoms with Crippen molar-refractivity contribution in [2.75, 3.05) is 5.73 Å². The summed E-state index contributed by atoms with van der Waals surface area (Å²) in [4.78, 5) is 12.1. The molecular formula is C16H16N6O. The lowest BCUT2D eigenvalue weighted by atomic mass is 10.2. The molecule has 0 aliphatic rings. The standard InChI is InChI=1S/C16H16N6O/c1-7(2)15-19-14(17)12-13(21-22-16(12)20-15)11-6-8-5-9(23)3-4-10(8)18-11/h3-7,18,23H,1-2H3,(H3,17,19,20,21,22). The zero-order chi connectivity index (χ0) is 16.1. The van der Waals surface area contributed by atoms with Crippen LogP contribution in [0.25, 0.3) is 33.3 Å². The third-order valence-electron chi connectivity index (χ3n) is 3.84. The first-order valence-electron chi connectivity index (χ1n) is 7.36. The fraction of sp³-hybridized carbons (Fsp3) is 0.188. The summed E-state index contributed by atoms with van der Waals surface area (Å²) in [6.45, 7) is 4.03. The van der Waals surface area contributed by atoms with Gasteiger partial charge in [-0.3, -0.25) is 5.10 Å². The minimum atomic E-state index is 0.185. The molecule has 0 aliphatic heterocycles. The first kappa shape index (κ1) is 13.6. The normalized spacial score (nSPS) is 11.8. The molecule has 4 rings (SSSR count). The second kappa shape index (κ2) is 4.70. The molecule has 7 heteroatoms. The quantitative estimate of drug-likeness (QED) is 0.454. The van der Waals surface area contributed by atoms with Gasteiger partial charge in [0.15, 0.2) is 5.65 Å². The molecule has 0 atom stereocenters. The molecule has 5 N–H and O–H groups in total. The third-order valence-corrected chi connectivity index (χ3v) is 3.84. The zero-order valence-corrected chi connectivity index (χ0v) is 12.8. The Morgan fingerprint density at radius 2 is 2.00 bits per heavy atom. The fourth-order valence-corrected chi connectivity index (χ4v) is 2.68. The van der Waals surface area contributed by atoms with Crippen molar-refractivity contribution in [3.05, 3.63) is 30.1 Å². The summed E-state index contributed by atoms with van der Waals surface area (Å²) in [5, 5.41) is 18.5. The number of fused-ring (bicyclic) bond motifs is 2. The summed E-state index contributed by atoms with van der Waals surface area (Å²) in [5.74, 6) is 1.50. The lowest BCUT2D eigenvalue weighted by Crippen LogP contribution is -2.02. The number of aromatic amines is 2. The molecule has 0 aliphatic carbocycles. The number of rotatable bonds is 2. The van der Waals surface area contributed by atoms with Gasteiger partial charge >= 0.3 is 0 Å². The lowest BCUT2D eigenvalue weighted by molar-refractivity contribution is 0.476. The second-order valence-electron chi connectivity index (χ2n) is 5.87. The number of phenolic OH excluding ortho intramolecular Hbond substituents is 1. The number of nitrogens with one attached hydrogen (secondary N) is 2. The summed E-state index contributed by atoms with van der Waals surface area (Å²) >= 11 is 0.